The summed E-state index contributed by atoms with van der Waals surface area (Å²) in [5.41, 5.74) is 5.68. The Morgan fingerprint density at radius 3 is 2.97 bits per heavy atom. The van der Waals surface area contributed by atoms with Gasteiger partial charge in [0.2, 0.25) is 0 Å². The third-order valence-corrected chi connectivity index (χ3v) is 4.86. The van der Waals surface area contributed by atoms with E-state index < -0.39 is 23.4 Å². The molecule has 2 atom stereocenters. The van der Waals surface area contributed by atoms with E-state index in [1.54, 1.807) is 0 Å². The molecule has 1 amide bonds. The first-order valence-electron chi connectivity index (χ1n) is 8.74. The number of nitriles is 1. The van der Waals surface area contributed by atoms with Gasteiger partial charge in [0.05, 0.1) is 12.2 Å². The number of ether oxygens (including phenoxy) is 2. The topological polar surface area (TPSA) is 123 Å². The highest BCUT2D eigenvalue weighted by atomic mass is 19.1. The second kappa shape index (κ2) is 7.00. The maximum atomic E-state index is 14.8. The lowest BCUT2D eigenvalue weighted by molar-refractivity contribution is 0.0643. The molecule has 8 nitrogen and oxygen atoms in total. The summed E-state index contributed by atoms with van der Waals surface area (Å²) in [4.78, 5) is 20.8. The van der Waals surface area contributed by atoms with E-state index in [1.165, 1.54) is 36.5 Å². The zero-order valence-electron chi connectivity index (χ0n) is 15.2. The predicted molar refractivity (Wildman–Crippen MR) is 101 cm³/mol. The first kappa shape index (κ1) is 18.6. The molecule has 0 radical (unpaired) electrons. The van der Waals surface area contributed by atoms with Crippen molar-refractivity contribution in [3.05, 3.63) is 71.5 Å². The van der Waals surface area contributed by atoms with Crippen molar-refractivity contribution in [1.29, 1.82) is 5.26 Å². The van der Waals surface area contributed by atoms with Crippen LogP contribution >= 0.6 is 0 Å². The number of carbonyl (C=O) groups excluding carboxylic acids is 1. The number of aromatic nitrogens is 1. The molecular formula is C20H16FN5O3. The third kappa shape index (κ3) is 3.19. The fourth-order valence-electron chi connectivity index (χ4n) is 3.54. The standard InChI is InChI=1S/C20H16FN5O3/c1-11-17-20(6-7-28-17,26-19(23)29-11)14-8-13(3-4-15(14)21)25-18(27)16-5-2-12(9-22)10-24-16/h2-5,8,10,17H,1,6-7H2,(H2,23,26)(H,25,27)/t17-,20+/m0/s1. The van der Waals surface area contributed by atoms with Crippen LogP contribution < -0.4 is 11.1 Å². The first-order chi connectivity index (χ1) is 13.9. The number of carbonyl (C=O) groups is 1. The predicted octanol–water partition coefficient (Wildman–Crippen LogP) is 2.19. The smallest absolute Gasteiger partial charge is 0.288 e. The minimum absolute atomic E-state index is 0.118. The van der Waals surface area contributed by atoms with Crippen LogP contribution in [0.3, 0.4) is 0 Å². The number of amidine groups is 1. The van der Waals surface area contributed by atoms with Crippen LogP contribution in [0.2, 0.25) is 0 Å². The molecule has 2 aliphatic heterocycles. The van der Waals surface area contributed by atoms with Crippen molar-refractivity contribution in [2.45, 2.75) is 18.1 Å². The van der Waals surface area contributed by atoms with E-state index in [4.69, 9.17) is 20.5 Å². The van der Waals surface area contributed by atoms with E-state index in [0.29, 0.717) is 24.3 Å². The highest BCUT2D eigenvalue weighted by Crippen LogP contribution is 2.46. The lowest BCUT2D eigenvalue weighted by atomic mass is 9.82. The average Bonchev–Trinajstić information content (AvgIpc) is 3.14. The zero-order chi connectivity index (χ0) is 20.6. The Labute approximate surface area is 165 Å². The SMILES string of the molecule is C=C1OC(N)=N[C@@]2(c3cc(NC(=O)c4ccc(C#N)cn4)ccc3F)CCO[C@@H]12. The normalized spacial score (nSPS) is 22.8. The summed E-state index contributed by atoms with van der Waals surface area (Å²) in [5.74, 6) is -0.755. The van der Waals surface area contributed by atoms with Gasteiger partial charge < -0.3 is 20.5 Å². The largest absolute Gasteiger partial charge is 0.429 e. The molecule has 0 spiro atoms. The molecule has 1 aromatic heterocycles. The maximum Gasteiger partial charge on any atom is 0.288 e. The van der Waals surface area contributed by atoms with Crippen molar-refractivity contribution < 1.29 is 18.7 Å². The summed E-state index contributed by atoms with van der Waals surface area (Å²) in [5, 5.41) is 11.5. The van der Waals surface area contributed by atoms with E-state index in [-0.39, 0.29) is 23.0 Å². The van der Waals surface area contributed by atoms with Crippen LogP contribution in [0.25, 0.3) is 0 Å². The highest BCUT2D eigenvalue weighted by Gasteiger charge is 2.52. The molecular weight excluding hydrogens is 377 g/mol. The lowest BCUT2D eigenvalue weighted by Gasteiger charge is -2.35. The summed E-state index contributed by atoms with van der Waals surface area (Å²) in [6.45, 7) is 4.13. The van der Waals surface area contributed by atoms with Crippen LogP contribution in [-0.4, -0.2) is 29.6 Å². The van der Waals surface area contributed by atoms with Crippen molar-refractivity contribution in [3.8, 4) is 6.07 Å². The molecule has 2 aromatic rings. The summed E-state index contributed by atoms with van der Waals surface area (Å²) >= 11 is 0. The van der Waals surface area contributed by atoms with Crippen molar-refractivity contribution in [3.63, 3.8) is 0 Å². The zero-order valence-corrected chi connectivity index (χ0v) is 15.2. The number of hydrogen-bond acceptors (Lipinski definition) is 7. The molecule has 4 rings (SSSR count). The minimum atomic E-state index is -1.11. The van der Waals surface area contributed by atoms with Gasteiger partial charge in [0.25, 0.3) is 11.9 Å². The first-order valence-corrected chi connectivity index (χ1v) is 8.74. The van der Waals surface area contributed by atoms with Crippen LogP contribution in [0.4, 0.5) is 10.1 Å². The van der Waals surface area contributed by atoms with Gasteiger partial charge in [-0.2, -0.15) is 5.26 Å². The summed E-state index contributed by atoms with van der Waals surface area (Å²) < 4.78 is 25.7. The fourth-order valence-corrected chi connectivity index (χ4v) is 3.54. The Hall–Kier alpha value is -3.77. The third-order valence-electron chi connectivity index (χ3n) is 4.86. The molecule has 1 saturated heterocycles. The number of anilines is 1. The number of hydrogen-bond donors (Lipinski definition) is 2. The number of nitrogens with zero attached hydrogens (tertiary/aromatic N) is 3. The summed E-state index contributed by atoms with van der Waals surface area (Å²) in [6, 6.07) is 8.91. The number of aliphatic imine (C=N–C) groups is 1. The Bertz CT molecular complexity index is 1080. The van der Waals surface area contributed by atoms with Gasteiger partial charge in [-0.3, -0.25) is 4.79 Å². The van der Waals surface area contributed by atoms with Gasteiger partial charge in [-0.1, -0.05) is 6.58 Å². The number of amides is 1. The summed E-state index contributed by atoms with van der Waals surface area (Å²) in [6.07, 6.45) is 0.998. The molecule has 0 bridgehead atoms. The van der Waals surface area contributed by atoms with Crippen LogP contribution in [0.5, 0.6) is 0 Å². The van der Waals surface area contributed by atoms with Crippen molar-refractivity contribution >= 4 is 17.6 Å². The number of nitrogens with one attached hydrogen (secondary N) is 1. The lowest BCUT2D eigenvalue weighted by Crippen LogP contribution is -2.43. The van der Waals surface area contributed by atoms with Gasteiger partial charge in [-0.05, 0) is 30.3 Å². The molecule has 3 N–H and O–H groups in total. The Morgan fingerprint density at radius 1 is 1.41 bits per heavy atom. The van der Waals surface area contributed by atoms with Crippen molar-refractivity contribution in [1.82, 2.24) is 4.98 Å². The van der Waals surface area contributed by atoms with Crippen LogP contribution in [0.1, 0.15) is 28.0 Å². The molecule has 9 heteroatoms. The number of benzene rings is 1. The van der Waals surface area contributed by atoms with E-state index >= 15 is 0 Å². The monoisotopic (exact) mass is 393 g/mol. The van der Waals surface area contributed by atoms with Crippen LogP contribution in [-0.2, 0) is 15.0 Å². The van der Waals surface area contributed by atoms with E-state index in [9.17, 15) is 9.18 Å². The second-order valence-corrected chi connectivity index (χ2v) is 6.64. The van der Waals surface area contributed by atoms with Crippen molar-refractivity contribution in [2.75, 3.05) is 11.9 Å². The van der Waals surface area contributed by atoms with Crippen molar-refractivity contribution in [2.24, 2.45) is 10.7 Å². The molecule has 0 saturated carbocycles. The van der Waals surface area contributed by atoms with E-state index in [0.717, 1.165) is 0 Å². The Balaban J connectivity index is 1.68. The molecule has 1 fully saturated rings. The van der Waals surface area contributed by atoms with Gasteiger partial charge in [-0.15, -0.1) is 0 Å². The summed E-state index contributed by atoms with van der Waals surface area (Å²) in [7, 11) is 0. The minimum Gasteiger partial charge on any atom is -0.429 e. The molecule has 1 aromatic carbocycles. The number of fused-ring (bicyclic) bond motifs is 1. The molecule has 2 aliphatic rings. The number of nitrogens with two attached hydrogens (primary N) is 1. The molecule has 29 heavy (non-hydrogen) atoms. The average molecular weight is 393 g/mol. The number of pyridine rings is 1. The second-order valence-electron chi connectivity index (χ2n) is 6.64. The quantitative estimate of drug-likeness (QED) is 0.824. The van der Waals surface area contributed by atoms with Gasteiger partial charge in [0, 0.05) is 23.9 Å². The molecule has 3 heterocycles. The molecule has 146 valence electrons. The maximum absolute atomic E-state index is 14.8. The van der Waals surface area contributed by atoms with Crippen LogP contribution in [0, 0.1) is 17.1 Å². The number of halogens is 1. The molecule has 0 aliphatic carbocycles. The Morgan fingerprint density at radius 2 is 2.24 bits per heavy atom. The van der Waals surface area contributed by atoms with Gasteiger partial charge in [0.1, 0.15) is 35.0 Å². The van der Waals surface area contributed by atoms with Gasteiger partial charge in [0.15, 0.2) is 0 Å². The van der Waals surface area contributed by atoms with E-state index in [1.807, 2.05) is 6.07 Å². The van der Waals surface area contributed by atoms with Crippen LogP contribution in [0.15, 0.2) is 53.9 Å². The van der Waals surface area contributed by atoms with E-state index in [2.05, 4.69) is 21.9 Å². The Kier molecular flexibility index (Phi) is 4.48. The van der Waals surface area contributed by atoms with Gasteiger partial charge in [-0.25, -0.2) is 14.4 Å². The number of rotatable bonds is 3. The highest BCUT2D eigenvalue weighted by molar-refractivity contribution is 6.02. The molecule has 0 unspecified atom stereocenters. The van der Waals surface area contributed by atoms with Gasteiger partial charge >= 0.3 is 0 Å². The fraction of sp³-hybridized carbons (Fsp3) is 0.200.